The average Bonchev–Trinajstić information content (AvgIpc) is 2.60. The Morgan fingerprint density at radius 3 is 2.31 bits per heavy atom. The highest BCUT2D eigenvalue weighted by atomic mass is 19.1. The van der Waals surface area contributed by atoms with Crippen LogP contribution in [0, 0.1) is 19.7 Å². The summed E-state index contributed by atoms with van der Waals surface area (Å²) >= 11 is 0. The molecule has 0 aliphatic heterocycles. The normalized spacial score (nSPS) is 10.1. The minimum atomic E-state index is -0.767. The summed E-state index contributed by atoms with van der Waals surface area (Å²) in [4.78, 5) is 35.4. The van der Waals surface area contributed by atoms with E-state index in [2.05, 4.69) is 16.2 Å². The van der Waals surface area contributed by atoms with Gasteiger partial charge < -0.3 is 5.32 Å². The summed E-state index contributed by atoms with van der Waals surface area (Å²) in [5.74, 6) is -2.32. The Bertz CT molecular complexity index is 837. The van der Waals surface area contributed by atoms with Crippen molar-refractivity contribution in [3.63, 3.8) is 0 Å². The minimum Gasteiger partial charge on any atom is -0.326 e. The molecule has 26 heavy (non-hydrogen) atoms. The van der Waals surface area contributed by atoms with Crippen molar-refractivity contribution in [2.24, 2.45) is 0 Å². The average molecular weight is 357 g/mol. The molecule has 136 valence electrons. The van der Waals surface area contributed by atoms with Gasteiger partial charge >= 0.3 is 0 Å². The zero-order valence-corrected chi connectivity index (χ0v) is 14.6. The van der Waals surface area contributed by atoms with E-state index < -0.39 is 17.6 Å². The molecule has 0 saturated carbocycles. The van der Waals surface area contributed by atoms with Gasteiger partial charge in [-0.2, -0.15) is 0 Å². The number of hydrazine groups is 1. The first-order chi connectivity index (χ1) is 12.4. The molecule has 0 aliphatic carbocycles. The molecule has 0 radical (unpaired) electrons. The van der Waals surface area contributed by atoms with Crippen molar-refractivity contribution in [3.8, 4) is 0 Å². The Hall–Kier alpha value is -3.22. The third-order valence-corrected chi connectivity index (χ3v) is 3.67. The quantitative estimate of drug-likeness (QED) is 0.719. The number of aryl methyl sites for hydroxylation is 2. The van der Waals surface area contributed by atoms with Crippen molar-refractivity contribution in [1.82, 2.24) is 10.9 Å². The van der Waals surface area contributed by atoms with Crippen LogP contribution in [0.2, 0.25) is 0 Å². The summed E-state index contributed by atoms with van der Waals surface area (Å²) in [5, 5.41) is 2.74. The number of hydrogen-bond acceptors (Lipinski definition) is 3. The first-order valence-corrected chi connectivity index (χ1v) is 8.07. The zero-order chi connectivity index (χ0) is 19.1. The molecule has 0 unspecified atom stereocenters. The van der Waals surface area contributed by atoms with Gasteiger partial charge in [-0.25, -0.2) is 4.39 Å². The number of hydrogen-bond donors (Lipinski definition) is 3. The fourth-order valence-corrected chi connectivity index (χ4v) is 2.30. The summed E-state index contributed by atoms with van der Waals surface area (Å²) in [6.07, 6.45) is -0.164. The number of nitrogens with one attached hydrogen (secondary N) is 3. The van der Waals surface area contributed by atoms with Crippen molar-refractivity contribution < 1.29 is 18.8 Å². The molecular weight excluding hydrogens is 337 g/mol. The molecule has 3 N–H and O–H groups in total. The zero-order valence-electron chi connectivity index (χ0n) is 14.6. The molecule has 3 amide bonds. The number of carbonyl (C=O) groups is 3. The van der Waals surface area contributed by atoms with Crippen molar-refractivity contribution in [2.45, 2.75) is 26.7 Å². The van der Waals surface area contributed by atoms with Gasteiger partial charge in [0.1, 0.15) is 5.82 Å². The Kier molecular flexibility index (Phi) is 6.43. The number of rotatable bonds is 5. The smallest absolute Gasteiger partial charge is 0.272 e. The molecular formula is C19H20FN3O3. The van der Waals surface area contributed by atoms with Gasteiger partial charge in [-0.05, 0) is 37.6 Å². The van der Waals surface area contributed by atoms with Gasteiger partial charge in [0, 0.05) is 18.5 Å². The molecule has 0 bridgehead atoms. The molecule has 2 aromatic carbocycles. The molecule has 0 aromatic heterocycles. The molecule has 7 heteroatoms. The van der Waals surface area contributed by atoms with E-state index in [1.54, 1.807) is 6.07 Å². The van der Waals surface area contributed by atoms with E-state index in [0.29, 0.717) is 5.69 Å². The topological polar surface area (TPSA) is 87.3 Å². The number of halogens is 1. The van der Waals surface area contributed by atoms with E-state index >= 15 is 0 Å². The summed E-state index contributed by atoms with van der Waals surface area (Å²) in [6.45, 7) is 3.84. The van der Waals surface area contributed by atoms with Gasteiger partial charge in [-0.1, -0.05) is 29.8 Å². The van der Waals surface area contributed by atoms with E-state index in [1.807, 2.05) is 26.0 Å². The van der Waals surface area contributed by atoms with Crippen molar-refractivity contribution in [1.29, 1.82) is 0 Å². The van der Waals surface area contributed by atoms with Crippen LogP contribution >= 0.6 is 0 Å². The predicted molar refractivity (Wildman–Crippen MR) is 95.8 cm³/mol. The summed E-state index contributed by atoms with van der Waals surface area (Å²) in [7, 11) is 0. The van der Waals surface area contributed by atoms with Crippen LogP contribution in [0.5, 0.6) is 0 Å². The highest BCUT2D eigenvalue weighted by molar-refractivity contribution is 5.96. The molecule has 2 aromatic rings. The first-order valence-electron chi connectivity index (χ1n) is 8.07. The first kappa shape index (κ1) is 19.1. The van der Waals surface area contributed by atoms with Crippen molar-refractivity contribution >= 4 is 23.4 Å². The lowest BCUT2D eigenvalue weighted by molar-refractivity contribution is -0.124. The number of anilines is 1. The molecule has 0 atom stereocenters. The molecule has 0 saturated heterocycles. The highest BCUT2D eigenvalue weighted by Crippen LogP contribution is 2.16. The Morgan fingerprint density at radius 2 is 1.62 bits per heavy atom. The predicted octanol–water partition coefficient (Wildman–Crippen LogP) is 2.62. The van der Waals surface area contributed by atoms with Gasteiger partial charge in [0.25, 0.3) is 5.91 Å². The van der Waals surface area contributed by atoms with E-state index in [0.717, 1.165) is 17.2 Å². The van der Waals surface area contributed by atoms with E-state index in [4.69, 9.17) is 0 Å². The van der Waals surface area contributed by atoms with Crippen LogP contribution in [0.15, 0.2) is 42.5 Å². The van der Waals surface area contributed by atoms with Crippen LogP contribution in [-0.2, 0) is 9.59 Å². The maximum atomic E-state index is 13.5. The van der Waals surface area contributed by atoms with E-state index in [9.17, 15) is 18.8 Å². The summed E-state index contributed by atoms with van der Waals surface area (Å²) in [6, 6.07) is 11.0. The molecule has 0 fully saturated rings. The van der Waals surface area contributed by atoms with Crippen LogP contribution in [-0.4, -0.2) is 17.7 Å². The van der Waals surface area contributed by atoms with Crippen LogP contribution in [0.3, 0.4) is 0 Å². The number of carbonyl (C=O) groups excluding carboxylic acids is 3. The molecule has 2 rings (SSSR count). The lowest BCUT2D eigenvalue weighted by atomic mass is 10.1. The second-order valence-electron chi connectivity index (χ2n) is 5.85. The second-order valence-corrected chi connectivity index (χ2v) is 5.85. The lowest BCUT2D eigenvalue weighted by Crippen LogP contribution is -2.42. The van der Waals surface area contributed by atoms with Crippen LogP contribution in [0.25, 0.3) is 0 Å². The molecule has 0 aliphatic rings. The Morgan fingerprint density at radius 1 is 0.923 bits per heavy atom. The second kappa shape index (κ2) is 8.75. The molecule has 6 nitrogen and oxygen atoms in total. The third-order valence-electron chi connectivity index (χ3n) is 3.67. The standard InChI is InChI=1S/C19H20FN3O3/c1-12-7-8-16(13(2)11-12)21-17(24)9-10-18(25)22-23-19(26)14-5-3-4-6-15(14)20/h3-8,11H,9-10H2,1-2H3,(H,21,24)(H,22,25)(H,23,26). The number of amides is 3. The Balaban J connectivity index is 1.77. The maximum absolute atomic E-state index is 13.5. The minimum absolute atomic E-state index is 0.0469. The largest absolute Gasteiger partial charge is 0.326 e. The van der Waals surface area contributed by atoms with Crippen LogP contribution < -0.4 is 16.2 Å². The monoisotopic (exact) mass is 357 g/mol. The lowest BCUT2D eigenvalue weighted by Gasteiger charge is -2.10. The Labute approximate surface area is 150 Å². The fraction of sp³-hybridized carbons (Fsp3) is 0.211. The highest BCUT2D eigenvalue weighted by Gasteiger charge is 2.13. The summed E-state index contributed by atoms with van der Waals surface area (Å²) < 4.78 is 13.5. The van der Waals surface area contributed by atoms with Gasteiger partial charge in [0.2, 0.25) is 11.8 Å². The molecule has 0 spiro atoms. The van der Waals surface area contributed by atoms with Crippen LogP contribution in [0.1, 0.15) is 34.3 Å². The van der Waals surface area contributed by atoms with Gasteiger partial charge in [-0.3, -0.25) is 25.2 Å². The molecule has 0 heterocycles. The van der Waals surface area contributed by atoms with Crippen molar-refractivity contribution in [2.75, 3.05) is 5.32 Å². The third kappa shape index (κ3) is 5.41. The van der Waals surface area contributed by atoms with Gasteiger partial charge in [-0.15, -0.1) is 0 Å². The maximum Gasteiger partial charge on any atom is 0.272 e. The van der Waals surface area contributed by atoms with E-state index in [-0.39, 0.29) is 24.3 Å². The van der Waals surface area contributed by atoms with Gasteiger partial charge in [0.15, 0.2) is 0 Å². The van der Waals surface area contributed by atoms with E-state index in [1.165, 1.54) is 18.2 Å². The van der Waals surface area contributed by atoms with Crippen molar-refractivity contribution in [3.05, 3.63) is 65.0 Å². The van der Waals surface area contributed by atoms with Crippen LogP contribution in [0.4, 0.5) is 10.1 Å². The fourth-order valence-electron chi connectivity index (χ4n) is 2.30. The summed E-state index contributed by atoms with van der Waals surface area (Å²) in [5.41, 5.74) is 6.81. The SMILES string of the molecule is Cc1ccc(NC(=O)CCC(=O)NNC(=O)c2ccccc2F)c(C)c1. The van der Waals surface area contributed by atoms with Gasteiger partial charge in [0.05, 0.1) is 5.56 Å². The number of benzene rings is 2.